The molecule has 0 spiro atoms. The van der Waals surface area contributed by atoms with Crippen LogP contribution in [0.2, 0.25) is 0 Å². The van der Waals surface area contributed by atoms with E-state index < -0.39 is 5.41 Å². The van der Waals surface area contributed by atoms with Crippen LogP contribution in [0.25, 0.3) is 0 Å². The molecule has 4 fully saturated rings. The number of hydrogen-bond donors (Lipinski definition) is 0. The first-order valence-electron chi connectivity index (χ1n) is 11.5. The molecule has 1 aromatic carbocycles. The average Bonchev–Trinajstić information content (AvgIpc) is 2.64. The third kappa shape index (κ3) is 3.64. The van der Waals surface area contributed by atoms with Gasteiger partial charge in [-0.3, -0.25) is 4.79 Å². The minimum absolute atomic E-state index is 0.0136. The fraction of sp³-hybridized carbons (Fsp3) is 0.731. The lowest BCUT2D eigenvalue weighted by Crippen LogP contribution is -2.51. The Morgan fingerprint density at radius 1 is 0.964 bits per heavy atom. The van der Waals surface area contributed by atoms with Gasteiger partial charge in [-0.1, -0.05) is 43.7 Å². The van der Waals surface area contributed by atoms with Crippen molar-refractivity contribution in [1.29, 1.82) is 0 Å². The van der Waals surface area contributed by atoms with Gasteiger partial charge in [-0.05, 0) is 100 Å². The Labute approximate surface area is 171 Å². The monoisotopic (exact) mass is 382 g/mol. The van der Waals surface area contributed by atoms with Crippen LogP contribution in [0, 0.1) is 36.0 Å². The molecule has 4 aliphatic rings. The van der Waals surface area contributed by atoms with E-state index in [1.165, 1.54) is 43.2 Å². The maximum atomic E-state index is 13.3. The summed E-state index contributed by atoms with van der Waals surface area (Å²) in [5.41, 5.74) is 2.13. The zero-order chi connectivity index (χ0) is 20.1. The van der Waals surface area contributed by atoms with Crippen molar-refractivity contribution < 1.29 is 9.53 Å². The molecule has 0 N–H and O–H groups in total. The molecule has 0 saturated heterocycles. The maximum absolute atomic E-state index is 13.3. The summed E-state index contributed by atoms with van der Waals surface area (Å²) in [6.45, 7) is 10.8. The Balaban J connectivity index is 1.46. The molecule has 0 heterocycles. The van der Waals surface area contributed by atoms with Crippen LogP contribution in [-0.4, -0.2) is 12.1 Å². The van der Waals surface area contributed by atoms with Gasteiger partial charge < -0.3 is 4.74 Å². The van der Waals surface area contributed by atoms with Gasteiger partial charge in [0.05, 0.1) is 5.41 Å². The molecule has 4 saturated carbocycles. The number of benzene rings is 1. The summed E-state index contributed by atoms with van der Waals surface area (Å²) in [4.78, 5) is 13.3. The van der Waals surface area contributed by atoms with E-state index in [0.29, 0.717) is 11.8 Å². The van der Waals surface area contributed by atoms with Crippen molar-refractivity contribution in [3.63, 3.8) is 0 Å². The summed E-state index contributed by atoms with van der Waals surface area (Å²) in [6.07, 6.45) is 8.64. The topological polar surface area (TPSA) is 26.3 Å². The fourth-order valence-electron chi connectivity index (χ4n) is 6.79. The molecule has 0 aromatic heterocycles. The third-order valence-corrected chi connectivity index (χ3v) is 8.30. The number of carbonyl (C=O) groups is 1. The van der Waals surface area contributed by atoms with E-state index in [-0.39, 0.29) is 17.5 Å². The molecule has 1 unspecified atom stereocenters. The number of esters is 1. The smallest absolute Gasteiger partial charge is 0.311 e. The summed E-state index contributed by atoms with van der Waals surface area (Å²) in [5.74, 6) is 3.11. The minimum atomic E-state index is -0.468. The van der Waals surface area contributed by atoms with Crippen LogP contribution in [0.5, 0.6) is 0 Å². The second-order valence-electron chi connectivity index (χ2n) is 11.1. The Bertz CT molecular complexity index is 688. The first-order valence-corrected chi connectivity index (χ1v) is 11.5. The first kappa shape index (κ1) is 20.0. The highest BCUT2D eigenvalue weighted by atomic mass is 16.5. The predicted molar refractivity (Wildman–Crippen MR) is 114 cm³/mol. The molecule has 0 aliphatic heterocycles. The van der Waals surface area contributed by atoms with Crippen LogP contribution in [-0.2, 0) is 14.9 Å². The lowest BCUT2D eigenvalue weighted by Gasteiger charge is -2.54. The lowest BCUT2D eigenvalue weighted by atomic mass is 9.55. The van der Waals surface area contributed by atoms with Crippen LogP contribution in [0.3, 0.4) is 0 Å². The summed E-state index contributed by atoms with van der Waals surface area (Å²) in [5, 5.41) is 0. The van der Waals surface area contributed by atoms with Crippen molar-refractivity contribution in [3.8, 4) is 0 Å². The van der Waals surface area contributed by atoms with Crippen LogP contribution in [0.1, 0.15) is 83.8 Å². The molecule has 5 rings (SSSR count). The molecule has 4 aliphatic carbocycles. The zero-order valence-electron chi connectivity index (χ0n) is 18.5. The number of carbonyl (C=O) groups excluding carboxylic acids is 1. The van der Waals surface area contributed by atoms with E-state index in [2.05, 4.69) is 58.9 Å². The third-order valence-electron chi connectivity index (χ3n) is 8.30. The molecule has 2 heteroatoms. The van der Waals surface area contributed by atoms with Crippen molar-refractivity contribution in [2.45, 2.75) is 91.1 Å². The van der Waals surface area contributed by atoms with E-state index in [4.69, 9.17) is 4.74 Å². The molecule has 0 amide bonds. The number of ether oxygens (including phenoxy) is 1. The van der Waals surface area contributed by atoms with Crippen LogP contribution in [0.4, 0.5) is 0 Å². The van der Waals surface area contributed by atoms with Gasteiger partial charge in [0, 0.05) is 0 Å². The molecular weight excluding hydrogens is 344 g/mol. The van der Waals surface area contributed by atoms with E-state index in [0.717, 1.165) is 24.7 Å². The van der Waals surface area contributed by atoms with Crippen molar-refractivity contribution in [1.82, 2.24) is 0 Å². The molecule has 4 bridgehead atoms. The number of hydrogen-bond acceptors (Lipinski definition) is 2. The van der Waals surface area contributed by atoms with Gasteiger partial charge in [0.1, 0.15) is 6.10 Å². The van der Waals surface area contributed by atoms with Gasteiger partial charge >= 0.3 is 5.97 Å². The number of aryl methyl sites for hydroxylation is 1. The quantitative estimate of drug-likeness (QED) is 0.529. The second-order valence-corrected chi connectivity index (χ2v) is 11.1. The summed E-state index contributed by atoms with van der Waals surface area (Å²) >= 11 is 0. The predicted octanol–water partition coefficient (Wildman–Crippen LogP) is 6.45. The standard InChI is InChI=1S/C26H38O2/c1-6-26(5,22-9-7-17(2)8-10-22)16-25(3,4)24(27)28-23-20-12-18-11-19(14-20)15-21(23)13-18/h7-10,18-21,23H,6,11-16H2,1-5H3. The highest BCUT2D eigenvalue weighted by Crippen LogP contribution is 2.55. The van der Waals surface area contributed by atoms with Gasteiger partial charge in [0.15, 0.2) is 0 Å². The highest BCUT2D eigenvalue weighted by Gasteiger charge is 2.51. The normalized spacial score (nSPS) is 33.5. The Morgan fingerprint density at radius 2 is 1.50 bits per heavy atom. The van der Waals surface area contributed by atoms with Crippen molar-refractivity contribution in [3.05, 3.63) is 35.4 Å². The Morgan fingerprint density at radius 3 is 2.00 bits per heavy atom. The molecule has 2 nitrogen and oxygen atoms in total. The van der Waals surface area contributed by atoms with Gasteiger partial charge in [-0.25, -0.2) is 0 Å². The van der Waals surface area contributed by atoms with Crippen LogP contribution in [0.15, 0.2) is 24.3 Å². The number of rotatable bonds is 6. The maximum Gasteiger partial charge on any atom is 0.311 e. The van der Waals surface area contributed by atoms with Crippen molar-refractivity contribution in [2.75, 3.05) is 0 Å². The van der Waals surface area contributed by atoms with Gasteiger partial charge in [-0.2, -0.15) is 0 Å². The Kier molecular flexibility index (Phi) is 5.13. The van der Waals surface area contributed by atoms with E-state index >= 15 is 0 Å². The van der Waals surface area contributed by atoms with Crippen LogP contribution < -0.4 is 0 Å². The Hall–Kier alpha value is -1.31. The molecule has 28 heavy (non-hydrogen) atoms. The summed E-state index contributed by atoms with van der Waals surface area (Å²) in [7, 11) is 0. The van der Waals surface area contributed by atoms with Gasteiger partial charge in [-0.15, -0.1) is 0 Å². The van der Waals surface area contributed by atoms with Crippen molar-refractivity contribution in [2.24, 2.45) is 29.1 Å². The highest BCUT2D eigenvalue weighted by molar-refractivity contribution is 5.76. The van der Waals surface area contributed by atoms with Gasteiger partial charge in [0.25, 0.3) is 0 Å². The minimum Gasteiger partial charge on any atom is -0.461 e. The molecule has 154 valence electrons. The van der Waals surface area contributed by atoms with Crippen LogP contribution >= 0.6 is 0 Å². The van der Waals surface area contributed by atoms with E-state index in [9.17, 15) is 4.79 Å². The molecular formula is C26H38O2. The summed E-state index contributed by atoms with van der Waals surface area (Å²) < 4.78 is 6.30. The SMILES string of the molecule is CCC(C)(CC(C)(C)C(=O)OC1C2CC3CC(C2)CC1C3)c1ccc(C)cc1. The fourth-order valence-corrected chi connectivity index (χ4v) is 6.79. The summed E-state index contributed by atoms with van der Waals surface area (Å²) in [6, 6.07) is 8.84. The lowest BCUT2D eigenvalue weighted by molar-refractivity contribution is -0.181. The van der Waals surface area contributed by atoms with Gasteiger partial charge in [0.2, 0.25) is 0 Å². The zero-order valence-corrected chi connectivity index (χ0v) is 18.5. The second kappa shape index (κ2) is 7.18. The van der Waals surface area contributed by atoms with Crippen molar-refractivity contribution >= 4 is 5.97 Å². The van der Waals surface area contributed by atoms with E-state index in [1.807, 2.05) is 0 Å². The average molecular weight is 383 g/mol. The molecule has 0 radical (unpaired) electrons. The molecule has 1 atom stereocenters. The largest absolute Gasteiger partial charge is 0.461 e. The first-order chi connectivity index (χ1) is 13.2. The molecule has 1 aromatic rings. The van der Waals surface area contributed by atoms with E-state index in [1.54, 1.807) is 0 Å².